The number of carbonyl (C=O) groups excluding carboxylic acids is 1. The van der Waals surface area contributed by atoms with Gasteiger partial charge >= 0.3 is 0 Å². The molecular formula is C22H36N4O2. The molecule has 0 aromatic heterocycles. The van der Waals surface area contributed by atoms with Gasteiger partial charge in [-0.15, -0.1) is 0 Å². The van der Waals surface area contributed by atoms with Crippen molar-refractivity contribution in [3.63, 3.8) is 0 Å². The molecule has 28 heavy (non-hydrogen) atoms. The van der Waals surface area contributed by atoms with Crippen molar-refractivity contribution in [2.24, 2.45) is 5.92 Å². The number of hydrogen-bond donors (Lipinski definition) is 1. The maximum Gasteiger partial charge on any atom is 0.227 e. The first-order chi connectivity index (χ1) is 13.3. The Morgan fingerprint density at radius 1 is 1.11 bits per heavy atom. The lowest BCUT2D eigenvalue weighted by molar-refractivity contribution is -0.134. The largest absolute Gasteiger partial charge is 0.388 e. The fourth-order valence-corrected chi connectivity index (χ4v) is 4.42. The number of carbonyl (C=O) groups is 1. The van der Waals surface area contributed by atoms with Crippen LogP contribution in [-0.2, 0) is 4.79 Å². The lowest BCUT2D eigenvalue weighted by Crippen LogP contribution is -2.52. The number of hydrogen-bond acceptors (Lipinski definition) is 5. The maximum atomic E-state index is 12.5. The Hall–Kier alpha value is -1.63. The average Bonchev–Trinajstić information content (AvgIpc) is 2.83. The van der Waals surface area contributed by atoms with Gasteiger partial charge in [-0.1, -0.05) is 17.7 Å². The summed E-state index contributed by atoms with van der Waals surface area (Å²) in [6.45, 7) is 7.84. The fraction of sp³-hybridized carbons (Fsp3) is 0.682. The van der Waals surface area contributed by atoms with Gasteiger partial charge < -0.3 is 19.8 Å². The molecule has 0 radical (unpaired) electrons. The van der Waals surface area contributed by atoms with Crippen molar-refractivity contribution >= 4 is 11.6 Å². The van der Waals surface area contributed by atoms with Gasteiger partial charge in [0, 0.05) is 65.6 Å². The molecule has 6 heteroatoms. The molecule has 0 spiro atoms. The molecule has 1 N–H and O–H groups in total. The van der Waals surface area contributed by atoms with Gasteiger partial charge in [-0.3, -0.25) is 9.69 Å². The molecule has 6 nitrogen and oxygen atoms in total. The van der Waals surface area contributed by atoms with Crippen LogP contribution >= 0.6 is 0 Å². The first kappa shape index (κ1) is 21.1. The van der Waals surface area contributed by atoms with Crippen LogP contribution in [0, 0.1) is 12.8 Å². The number of anilines is 1. The van der Waals surface area contributed by atoms with Crippen molar-refractivity contribution in [3.8, 4) is 0 Å². The van der Waals surface area contributed by atoms with Gasteiger partial charge in [0.25, 0.3) is 0 Å². The Bertz CT molecular complexity index is 653. The van der Waals surface area contributed by atoms with E-state index in [9.17, 15) is 9.90 Å². The van der Waals surface area contributed by atoms with Crippen molar-refractivity contribution in [3.05, 3.63) is 29.8 Å². The number of benzene rings is 1. The summed E-state index contributed by atoms with van der Waals surface area (Å²) in [5.41, 5.74) is 1.83. The number of piperidine rings is 1. The Balaban J connectivity index is 1.59. The third-order valence-electron chi connectivity index (χ3n) is 6.21. The summed E-state index contributed by atoms with van der Waals surface area (Å²) < 4.78 is 0. The molecule has 2 heterocycles. The van der Waals surface area contributed by atoms with Crippen LogP contribution in [0.4, 0.5) is 5.69 Å². The van der Waals surface area contributed by atoms with Crippen LogP contribution in [0.1, 0.15) is 18.4 Å². The Morgan fingerprint density at radius 2 is 1.75 bits per heavy atom. The van der Waals surface area contributed by atoms with Crippen LogP contribution in [0.25, 0.3) is 0 Å². The number of aliphatic hydroxyl groups is 1. The molecule has 2 saturated heterocycles. The molecule has 1 amide bonds. The van der Waals surface area contributed by atoms with Crippen molar-refractivity contribution in [1.29, 1.82) is 0 Å². The molecular weight excluding hydrogens is 352 g/mol. The smallest absolute Gasteiger partial charge is 0.227 e. The molecule has 2 fully saturated rings. The van der Waals surface area contributed by atoms with Crippen LogP contribution in [-0.4, -0.2) is 98.3 Å². The lowest BCUT2D eigenvalue weighted by atomic mass is 9.90. The van der Waals surface area contributed by atoms with E-state index in [2.05, 4.69) is 52.9 Å². The number of rotatable bonds is 4. The normalized spacial score (nSPS) is 24.0. The third-order valence-corrected chi connectivity index (χ3v) is 6.21. The predicted octanol–water partition coefficient (Wildman–Crippen LogP) is 1.28. The molecule has 2 aliphatic heterocycles. The van der Waals surface area contributed by atoms with Gasteiger partial charge in [0.05, 0.1) is 11.5 Å². The van der Waals surface area contributed by atoms with E-state index in [-0.39, 0.29) is 11.8 Å². The van der Waals surface area contributed by atoms with Gasteiger partial charge in [-0.25, -0.2) is 0 Å². The predicted molar refractivity (Wildman–Crippen MR) is 114 cm³/mol. The van der Waals surface area contributed by atoms with Crippen LogP contribution in [0.2, 0.25) is 0 Å². The topological polar surface area (TPSA) is 50.3 Å². The average molecular weight is 389 g/mol. The fourth-order valence-electron chi connectivity index (χ4n) is 4.42. The van der Waals surface area contributed by atoms with Crippen LogP contribution in [0.5, 0.6) is 0 Å². The minimum Gasteiger partial charge on any atom is -0.388 e. The molecule has 156 valence electrons. The van der Waals surface area contributed by atoms with Crippen molar-refractivity contribution in [2.75, 3.05) is 71.9 Å². The highest BCUT2D eigenvalue weighted by molar-refractivity contribution is 5.78. The van der Waals surface area contributed by atoms with Gasteiger partial charge in [0.1, 0.15) is 0 Å². The zero-order valence-corrected chi connectivity index (χ0v) is 17.9. The summed E-state index contributed by atoms with van der Waals surface area (Å²) in [6, 6.07) is 8.63. The zero-order chi connectivity index (χ0) is 20.3. The van der Waals surface area contributed by atoms with E-state index >= 15 is 0 Å². The molecule has 1 aromatic carbocycles. The molecule has 1 aromatic rings. The molecule has 3 rings (SSSR count). The summed E-state index contributed by atoms with van der Waals surface area (Å²) in [4.78, 5) is 21.1. The highest BCUT2D eigenvalue weighted by atomic mass is 16.3. The lowest BCUT2D eigenvalue weighted by Gasteiger charge is -2.42. The van der Waals surface area contributed by atoms with E-state index in [1.54, 1.807) is 4.90 Å². The highest BCUT2D eigenvalue weighted by Crippen LogP contribution is 2.28. The number of nitrogens with zero attached hydrogens (tertiary/aromatic N) is 4. The number of likely N-dealkylation sites (N-methyl/N-ethyl adjacent to an activating group) is 1. The Labute approximate surface area is 169 Å². The highest BCUT2D eigenvalue weighted by Gasteiger charge is 2.36. The first-order valence-electron chi connectivity index (χ1n) is 10.4. The zero-order valence-electron chi connectivity index (χ0n) is 17.9. The van der Waals surface area contributed by atoms with E-state index < -0.39 is 5.60 Å². The molecule has 0 saturated carbocycles. The molecule has 1 unspecified atom stereocenters. The second-order valence-electron chi connectivity index (χ2n) is 8.97. The SMILES string of the molecule is Cc1ccc(N2CCC(O)(CN3CCN(C)CC(C(=O)N(C)C)C3)CC2)cc1. The van der Waals surface area contributed by atoms with E-state index in [1.807, 2.05) is 14.1 Å². The summed E-state index contributed by atoms with van der Waals surface area (Å²) in [5, 5.41) is 11.2. The molecule has 0 bridgehead atoms. The summed E-state index contributed by atoms with van der Waals surface area (Å²) in [7, 11) is 5.73. The van der Waals surface area contributed by atoms with Crippen LogP contribution in [0.15, 0.2) is 24.3 Å². The van der Waals surface area contributed by atoms with Gasteiger partial charge in [-0.05, 0) is 38.9 Å². The van der Waals surface area contributed by atoms with Crippen LogP contribution in [0.3, 0.4) is 0 Å². The second-order valence-corrected chi connectivity index (χ2v) is 8.97. The summed E-state index contributed by atoms with van der Waals surface area (Å²) in [5.74, 6) is 0.152. The second kappa shape index (κ2) is 8.80. The first-order valence-corrected chi connectivity index (χ1v) is 10.4. The van der Waals surface area contributed by atoms with Crippen molar-refractivity contribution in [1.82, 2.24) is 14.7 Å². The third kappa shape index (κ3) is 5.25. The van der Waals surface area contributed by atoms with Gasteiger partial charge in [0.2, 0.25) is 5.91 Å². The summed E-state index contributed by atoms with van der Waals surface area (Å²) >= 11 is 0. The van der Waals surface area contributed by atoms with E-state index in [4.69, 9.17) is 0 Å². The molecule has 0 aliphatic carbocycles. The minimum absolute atomic E-state index is 0.0289. The molecule has 2 aliphatic rings. The van der Waals surface area contributed by atoms with Crippen LogP contribution < -0.4 is 4.90 Å². The Kier molecular flexibility index (Phi) is 6.63. The number of β-amino-alcohol motifs (C(OH)–C–C–N with tert-alkyl or cyclic N) is 1. The number of aryl methyl sites for hydroxylation is 1. The van der Waals surface area contributed by atoms with Gasteiger partial charge in [-0.2, -0.15) is 0 Å². The Morgan fingerprint density at radius 3 is 2.36 bits per heavy atom. The van der Waals surface area contributed by atoms with Crippen molar-refractivity contribution in [2.45, 2.75) is 25.4 Å². The van der Waals surface area contributed by atoms with E-state index in [1.165, 1.54) is 11.3 Å². The number of amides is 1. The maximum absolute atomic E-state index is 12.5. The van der Waals surface area contributed by atoms with E-state index in [0.29, 0.717) is 6.54 Å². The minimum atomic E-state index is -0.671. The van der Waals surface area contributed by atoms with Crippen molar-refractivity contribution < 1.29 is 9.90 Å². The summed E-state index contributed by atoms with van der Waals surface area (Å²) in [6.07, 6.45) is 1.53. The molecule has 1 atom stereocenters. The van der Waals surface area contributed by atoms with E-state index in [0.717, 1.165) is 52.1 Å². The monoisotopic (exact) mass is 388 g/mol. The quantitative estimate of drug-likeness (QED) is 0.842. The standard InChI is InChI=1S/C22H36N4O2/c1-18-5-7-20(8-6-18)26-11-9-22(28,10-12-26)17-25-14-13-24(4)15-19(16-25)21(27)23(2)3/h5-8,19,28H,9-17H2,1-4H3. The van der Waals surface area contributed by atoms with Gasteiger partial charge in [0.15, 0.2) is 0 Å².